The summed E-state index contributed by atoms with van der Waals surface area (Å²) in [5, 5.41) is 5.20. The van der Waals surface area contributed by atoms with Gasteiger partial charge in [-0.05, 0) is 24.1 Å². The van der Waals surface area contributed by atoms with E-state index < -0.39 is 10.0 Å². The number of rotatable bonds is 7. The predicted molar refractivity (Wildman–Crippen MR) is 80.4 cm³/mol. The zero-order valence-corrected chi connectivity index (χ0v) is 13.4. The molecule has 0 aliphatic heterocycles. The number of hydrogen-bond acceptors (Lipinski definition) is 4. The standard InChI is InChI=1S/C14H22N2O4S/c1-4-5-8-16(2)14(17)11-6-7-12(10-20-3)13(9-11)21(15,18)19/h6-7,9H,4-5,8,10H2,1-3H3,(H2,15,18,19). The summed E-state index contributed by atoms with van der Waals surface area (Å²) in [6.07, 6.45) is 1.87. The van der Waals surface area contributed by atoms with Crippen molar-refractivity contribution in [2.75, 3.05) is 20.7 Å². The van der Waals surface area contributed by atoms with E-state index in [2.05, 4.69) is 0 Å². The molecular weight excluding hydrogens is 292 g/mol. The molecule has 1 aromatic carbocycles. The Kier molecular flexibility index (Phi) is 6.32. The van der Waals surface area contributed by atoms with E-state index in [0.29, 0.717) is 17.7 Å². The van der Waals surface area contributed by atoms with Gasteiger partial charge in [-0.15, -0.1) is 0 Å². The van der Waals surface area contributed by atoms with E-state index in [1.54, 1.807) is 24.1 Å². The van der Waals surface area contributed by atoms with Gasteiger partial charge in [0.1, 0.15) is 0 Å². The van der Waals surface area contributed by atoms with Crippen LogP contribution in [-0.4, -0.2) is 39.9 Å². The van der Waals surface area contributed by atoms with Gasteiger partial charge in [0.25, 0.3) is 5.91 Å². The summed E-state index contributed by atoms with van der Waals surface area (Å²) in [5.74, 6) is -0.225. The highest BCUT2D eigenvalue weighted by Crippen LogP contribution is 2.18. The van der Waals surface area contributed by atoms with Crippen molar-refractivity contribution in [2.24, 2.45) is 5.14 Å². The molecule has 1 rings (SSSR count). The lowest BCUT2D eigenvalue weighted by atomic mass is 10.1. The third-order valence-corrected chi connectivity index (χ3v) is 4.11. The molecular formula is C14H22N2O4S. The SMILES string of the molecule is CCCCN(C)C(=O)c1ccc(COC)c(S(N)(=O)=O)c1. The third-order valence-electron chi connectivity index (χ3n) is 3.11. The number of benzene rings is 1. The molecule has 21 heavy (non-hydrogen) atoms. The molecule has 0 fully saturated rings. The van der Waals surface area contributed by atoms with Crippen LogP contribution in [0, 0.1) is 0 Å². The van der Waals surface area contributed by atoms with Crippen molar-refractivity contribution in [3.8, 4) is 0 Å². The van der Waals surface area contributed by atoms with Gasteiger partial charge in [0, 0.05) is 26.3 Å². The molecule has 2 N–H and O–H groups in total. The highest BCUT2D eigenvalue weighted by molar-refractivity contribution is 7.89. The van der Waals surface area contributed by atoms with Crippen LogP contribution in [-0.2, 0) is 21.4 Å². The lowest BCUT2D eigenvalue weighted by Crippen LogP contribution is -2.28. The third kappa shape index (κ3) is 4.80. The maximum atomic E-state index is 12.3. The monoisotopic (exact) mass is 314 g/mol. The second-order valence-electron chi connectivity index (χ2n) is 4.88. The van der Waals surface area contributed by atoms with Gasteiger partial charge in [0.15, 0.2) is 0 Å². The van der Waals surface area contributed by atoms with E-state index in [1.165, 1.54) is 13.2 Å². The summed E-state index contributed by atoms with van der Waals surface area (Å²) >= 11 is 0. The quantitative estimate of drug-likeness (QED) is 0.822. The van der Waals surface area contributed by atoms with E-state index in [4.69, 9.17) is 9.88 Å². The van der Waals surface area contributed by atoms with Crippen LogP contribution in [0.1, 0.15) is 35.7 Å². The fourth-order valence-electron chi connectivity index (χ4n) is 1.94. The molecule has 6 nitrogen and oxygen atoms in total. The minimum absolute atomic E-state index is 0.0703. The van der Waals surface area contributed by atoms with Crippen molar-refractivity contribution in [3.63, 3.8) is 0 Å². The van der Waals surface area contributed by atoms with Crippen LogP contribution in [0.4, 0.5) is 0 Å². The fraction of sp³-hybridized carbons (Fsp3) is 0.500. The molecule has 0 saturated heterocycles. The smallest absolute Gasteiger partial charge is 0.253 e. The first-order valence-corrected chi connectivity index (χ1v) is 8.26. The Balaban J connectivity index is 3.13. The normalized spacial score (nSPS) is 11.4. The van der Waals surface area contributed by atoms with Crippen LogP contribution in [0.5, 0.6) is 0 Å². The second kappa shape index (κ2) is 7.53. The Labute approximate surface area is 125 Å². The van der Waals surface area contributed by atoms with Crippen molar-refractivity contribution < 1.29 is 17.9 Å². The first kappa shape index (κ1) is 17.6. The second-order valence-corrected chi connectivity index (χ2v) is 6.41. The molecule has 1 amide bonds. The van der Waals surface area contributed by atoms with E-state index >= 15 is 0 Å². The number of carbonyl (C=O) groups excluding carboxylic acids is 1. The largest absolute Gasteiger partial charge is 0.380 e. The molecule has 0 radical (unpaired) electrons. The topological polar surface area (TPSA) is 89.7 Å². The van der Waals surface area contributed by atoms with Gasteiger partial charge >= 0.3 is 0 Å². The van der Waals surface area contributed by atoms with Gasteiger partial charge in [-0.3, -0.25) is 4.79 Å². The van der Waals surface area contributed by atoms with Crippen LogP contribution in [0.2, 0.25) is 0 Å². The highest BCUT2D eigenvalue weighted by Gasteiger charge is 2.18. The molecule has 0 aliphatic carbocycles. The summed E-state index contributed by atoms with van der Waals surface area (Å²) in [6, 6.07) is 4.46. The zero-order chi connectivity index (χ0) is 16.0. The number of hydrogen-bond donors (Lipinski definition) is 1. The molecule has 0 bridgehead atoms. The number of nitrogens with two attached hydrogens (primary N) is 1. The molecule has 0 aromatic heterocycles. The number of primary sulfonamides is 1. The molecule has 0 saturated carbocycles. The van der Waals surface area contributed by atoms with E-state index in [-0.39, 0.29) is 17.4 Å². The molecule has 0 unspecified atom stereocenters. The molecule has 1 aromatic rings. The number of methoxy groups -OCH3 is 1. The lowest BCUT2D eigenvalue weighted by molar-refractivity contribution is 0.0793. The maximum Gasteiger partial charge on any atom is 0.253 e. The minimum atomic E-state index is -3.91. The summed E-state index contributed by atoms with van der Waals surface area (Å²) in [4.78, 5) is 13.8. The molecule has 0 aliphatic rings. The molecule has 0 heterocycles. The Morgan fingerprint density at radius 1 is 1.38 bits per heavy atom. The van der Waals surface area contributed by atoms with Crippen LogP contribution in [0.25, 0.3) is 0 Å². The number of nitrogens with zero attached hydrogens (tertiary/aromatic N) is 1. The number of sulfonamides is 1. The minimum Gasteiger partial charge on any atom is -0.380 e. The van der Waals surface area contributed by atoms with E-state index in [9.17, 15) is 13.2 Å². The summed E-state index contributed by atoms with van der Waals surface area (Å²) < 4.78 is 28.2. The predicted octanol–water partition coefficient (Wildman–Crippen LogP) is 1.35. The first-order chi connectivity index (χ1) is 9.81. The van der Waals surface area contributed by atoms with Gasteiger partial charge < -0.3 is 9.64 Å². The lowest BCUT2D eigenvalue weighted by Gasteiger charge is -2.17. The van der Waals surface area contributed by atoms with Gasteiger partial charge in [-0.1, -0.05) is 19.4 Å². The van der Waals surface area contributed by atoms with E-state index in [1.807, 2.05) is 6.92 Å². The van der Waals surface area contributed by atoms with Crippen LogP contribution >= 0.6 is 0 Å². The Morgan fingerprint density at radius 3 is 2.57 bits per heavy atom. The van der Waals surface area contributed by atoms with Gasteiger partial charge in [0.2, 0.25) is 10.0 Å². The van der Waals surface area contributed by atoms with Crippen molar-refractivity contribution in [1.29, 1.82) is 0 Å². The number of unbranched alkanes of at least 4 members (excludes halogenated alkanes) is 1. The Bertz CT molecular complexity index is 599. The number of amides is 1. The highest BCUT2D eigenvalue weighted by atomic mass is 32.2. The summed E-state index contributed by atoms with van der Waals surface area (Å²) in [7, 11) is -0.750. The van der Waals surface area contributed by atoms with Crippen molar-refractivity contribution >= 4 is 15.9 Å². The number of ether oxygens (including phenoxy) is 1. The van der Waals surface area contributed by atoms with Crippen LogP contribution < -0.4 is 5.14 Å². The molecule has 7 heteroatoms. The van der Waals surface area contributed by atoms with E-state index in [0.717, 1.165) is 12.8 Å². The maximum absolute atomic E-state index is 12.3. The van der Waals surface area contributed by atoms with Gasteiger partial charge in [0.05, 0.1) is 11.5 Å². The molecule has 0 spiro atoms. The summed E-state index contributed by atoms with van der Waals surface area (Å²) in [6.45, 7) is 2.78. The summed E-state index contributed by atoms with van der Waals surface area (Å²) in [5.41, 5.74) is 0.741. The van der Waals surface area contributed by atoms with Crippen LogP contribution in [0.3, 0.4) is 0 Å². The van der Waals surface area contributed by atoms with Gasteiger partial charge in [-0.2, -0.15) is 0 Å². The Morgan fingerprint density at radius 2 is 2.05 bits per heavy atom. The molecule has 0 atom stereocenters. The molecule has 118 valence electrons. The van der Waals surface area contributed by atoms with Crippen molar-refractivity contribution in [2.45, 2.75) is 31.3 Å². The average Bonchev–Trinajstić information content (AvgIpc) is 2.43. The first-order valence-electron chi connectivity index (χ1n) is 6.71. The fourth-order valence-corrected chi connectivity index (χ4v) is 2.73. The number of carbonyl (C=O) groups is 1. The van der Waals surface area contributed by atoms with Crippen LogP contribution in [0.15, 0.2) is 23.1 Å². The van der Waals surface area contributed by atoms with Gasteiger partial charge in [-0.25, -0.2) is 13.6 Å². The van der Waals surface area contributed by atoms with Crippen molar-refractivity contribution in [1.82, 2.24) is 4.90 Å². The zero-order valence-electron chi connectivity index (χ0n) is 12.6. The van der Waals surface area contributed by atoms with Crippen molar-refractivity contribution in [3.05, 3.63) is 29.3 Å². The Hall–Kier alpha value is -1.44. The average molecular weight is 314 g/mol.